The van der Waals surface area contributed by atoms with Gasteiger partial charge in [-0.25, -0.2) is 14.8 Å². The number of hydrogen-bond donors (Lipinski definition) is 2. The van der Waals surface area contributed by atoms with E-state index in [2.05, 4.69) is 27.2 Å². The summed E-state index contributed by atoms with van der Waals surface area (Å²) in [5.41, 5.74) is 0.122. The number of rotatable bonds is 5. The maximum absolute atomic E-state index is 12.9. The molecule has 1 heterocycles. The van der Waals surface area contributed by atoms with Crippen LogP contribution in [0.3, 0.4) is 0 Å². The van der Waals surface area contributed by atoms with E-state index in [1.54, 1.807) is 18.2 Å². The SMILES string of the molecule is C=CCNC(=O)NC(=O)CSc1nc(C(F)(F)F)nc2ccccc12. The molecule has 1 aromatic carbocycles. The molecule has 0 atom stereocenters. The minimum atomic E-state index is -4.70. The van der Waals surface area contributed by atoms with E-state index < -0.39 is 23.9 Å². The summed E-state index contributed by atoms with van der Waals surface area (Å²) in [6, 6.07) is 5.46. The quantitative estimate of drug-likeness (QED) is 0.480. The third-order valence-electron chi connectivity index (χ3n) is 2.82. The molecule has 1 aromatic heterocycles. The van der Waals surface area contributed by atoms with E-state index in [0.29, 0.717) is 5.39 Å². The van der Waals surface area contributed by atoms with E-state index in [-0.39, 0.29) is 22.8 Å². The van der Waals surface area contributed by atoms with Crippen LogP contribution in [0.1, 0.15) is 5.82 Å². The number of para-hydroxylation sites is 1. The van der Waals surface area contributed by atoms with Crippen LogP contribution in [0.25, 0.3) is 10.9 Å². The van der Waals surface area contributed by atoms with E-state index in [4.69, 9.17) is 0 Å². The van der Waals surface area contributed by atoms with Gasteiger partial charge in [0.1, 0.15) is 5.03 Å². The molecule has 0 aliphatic heterocycles. The van der Waals surface area contributed by atoms with Crippen LogP contribution in [0.5, 0.6) is 0 Å². The van der Waals surface area contributed by atoms with Crippen molar-refractivity contribution in [1.29, 1.82) is 0 Å². The van der Waals surface area contributed by atoms with Crippen molar-refractivity contribution in [2.75, 3.05) is 12.3 Å². The molecule has 132 valence electrons. The van der Waals surface area contributed by atoms with Crippen LogP contribution < -0.4 is 10.6 Å². The first-order chi connectivity index (χ1) is 11.8. The van der Waals surface area contributed by atoms with Gasteiger partial charge in [0, 0.05) is 11.9 Å². The second-order valence-corrected chi connectivity index (χ2v) is 5.67. The molecule has 0 bridgehead atoms. The average molecular weight is 370 g/mol. The number of alkyl halides is 3. The zero-order valence-corrected chi connectivity index (χ0v) is 13.6. The van der Waals surface area contributed by atoms with Crippen LogP contribution in [-0.2, 0) is 11.0 Å². The van der Waals surface area contributed by atoms with Crippen molar-refractivity contribution in [3.8, 4) is 0 Å². The minimum absolute atomic E-state index is 0.0135. The number of nitrogens with zero attached hydrogens (tertiary/aromatic N) is 2. The molecule has 0 spiro atoms. The molecule has 6 nitrogen and oxygen atoms in total. The number of halogens is 3. The smallest absolute Gasteiger partial charge is 0.334 e. The molecule has 10 heteroatoms. The molecule has 2 N–H and O–H groups in total. The maximum atomic E-state index is 12.9. The van der Waals surface area contributed by atoms with Crippen molar-refractivity contribution in [2.24, 2.45) is 0 Å². The molecule has 0 aliphatic rings. The van der Waals surface area contributed by atoms with Gasteiger partial charge in [0.05, 0.1) is 11.3 Å². The highest BCUT2D eigenvalue weighted by atomic mass is 32.2. The Kier molecular flexibility index (Phi) is 5.97. The maximum Gasteiger partial charge on any atom is 0.451 e. The van der Waals surface area contributed by atoms with Gasteiger partial charge in [-0.05, 0) is 6.07 Å². The van der Waals surface area contributed by atoms with Gasteiger partial charge in [-0.2, -0.15) is 13.2 Å². The lowest BCUT2D eigenvalue weighted by atomic mass is 10.2. The molecule has 0 saturated carbocycles. The molecule has 3 amide bonds. The highest BCUT2D eigenvalue weighted by Crippen LogP contribution is 2.31. The largest absolute Gasteiger partial charge is 0.451 e. The fourth-order valence-electron chi connectivity index (χ4n) is 1.79. The van der Waals surface area contributed by atoms with Crippen molar-refractivity contribution < 1.29 is 22.8 Å². The van der Waals surface area contributed by atoms with Crippen LogP contribution in [0.2, 0.25) is 0 Å². The summed E-state index contributed by atoms with van der Waals surface area (Å²) in [5.74, 6) is -2.22. The number of urea groups is 1. The predicted octanol–water partition coefficient (Wildman–Crippen LogP) is 2.75. The fraction of sp³-hybridized carbons (Fsp3) is 0.200. The van der Waals surface area contributed by atoms with Gasteiger partial charge in [-0.1, -0.05) is 36.0 Å². The summed E-state index contributed by atoms with van der Waals surface area (Å²) in [7, 11) is 0. The van der Waals surface area contributed by atoms with Crippen molar-refractivity contribution in [3.63, 3.8) is 0 Å². The zero-order chi connectivity index (χ0) is 18.4. The predicted molar refractivity (Wildman–Crippen MR) is 87.0 cm³/mol. The molecule has 0 fully saturated rings. The monoisotopic (exact) mass is 370 g/mol. The summed E-state index contributed by atoms with van der Waals surface area (Å²) in [5, 5.41) is 4.81. The van der Waals surface area contributed by atoms with Crippen molar-refractivity contribution in [2.45, 2.75) is 11.2 Å². The Balaban J connectivity index is 2.15. The van der Waals surface area contributed by atoms with Crippen molar-refractivity contribution in [1.82, 2.24) is 20.6 Å². The molecule has 2 aromatic rings. The van der Waals surface area contributed by atoms with Gasteiger partial charge in [-0.15, -0.1) is 6.58 Å². The van der Waals surface area contributed by atoms with Gasteiger partial charge < -0.3 is 5.32 Å². The first-order valence-corrected chi connectivity index (χ1v) is 7.95. The van der Waals surface area contributed by atoms with Gasteiger partial charge in [0.25, 0.3) is 0 Å². The molecular weight excluding hydrogens is 357 g/mol. The number of aromatic nitrogens is 2. The van der Waals surface area contributed by atoms with Crippen molar-refractivity contribution in [3.05, 3.63) is 42.7 Å². The number of nitrogens with one attached hydrogen (secondary N) is 2. The molecule has 25 heavy (non-hydrogen) atoms. The summed E-state index contributed by atoms with van der Waals surface area (Å²) in [4.78, 5) is 30.1. The minimum Gasteiger partial charge on any atom is -0.334 e. The first-order valence-electron chi connectivity index (χ1n) is 6.96. The second-order valence-electron chi connectivity index (χ2n) is 4.70. The number of fused-ring (bicyclic) bond motifs is 1. The summed E-state index contributed by atoms with van der Waals surface area (Å²) in [6.45, 7) is 3.59. The average Bonchev–Trinajstić information content (AvgIpc) is 2.56. The Hall–Kier alpha value is -2.62. The molecular formula is C15H13F3N4O2S. The Labute approximate surface area is 144 Å². The molecule has 0 aliphatic carbocycles. The number of thioether (sulfide) groups is 1. The second kappa shape index (κ2) is 7.97. The zero-order valence-electron chi connectivity index (χ0n) is 12.8. The first kappa shape index (κ1) is 18.7. The third kappa shape index (κ3) is 5.18. The molecule has 2 rings (SSSR count). The Bertz CT molecular complexity index is 811. The van der Waals surface area contributed by atoms with Gasteiger partial charge in [0.15, 0.2) is 0 Å². The van der Waals surface area contributed by atoms with E-state index >= 15 is 0 Å². The summed E-state index contributed by atoms with van der Waals surface area (Å²) in [6.07, 6.45) is -3.27. The van der Waals surface area contributed by atoms with Gasteiger partial charge in [0.2, 0.25) is 11.7 Å². The van der Waals surface area contributed by atoms with E-state index in [9.17, 15) is 22.8 Å². The normalized spacial score (nSPS) is 11.2. The number of imide groups is 1. The van der Waals surface area contributed by atoms with Crippen LogP contribution >= 0.6 is 11.8 Å². The Morgan fingerprint density at radius 3 is 2.64 bits per heavy atom. The van der Waals surface area contributed by atoms with Gasteiger partial charge >= 0.3 is 12.2 Å². The number of carbonyl (C=O) groups is 2. The Morgan fingerprint density at radius 2 is 1.96 bits per heavy atom. The number of hydrogen-bond acceptors (Lipinski definition) is 5. The number of carbonyl (C=O) groups excluding carboxylic acids is 2. The standard InChI is InChI=1S/C15H13F3N4O2S/c1-2-7-19-14(24)21-11(23)8-25-12-9-5-3-4-6-10(9)20-13(22-12)15(16,17)18/h2-6H,1,7-8H2,(H2,19,21,23,24). The van der Waals surface area contributed by atoms with Crippen molar-refractivity contribution >= 4 is 34.6 Å². The fourth-order valence-corrected chi connectivity index (χ4v) is 2.61. The lowest BCUT2D eigenvalue weighted by molar-refractivity contribution is -0.145. The van der Waals surface area contributed by atoms with Gasteiger partial charge in [-0.3, -0.25) is 10.1 Å². The molecule has 0 unspecified atom stereocenters. The van der Waals surface area contributed by atoms with Crippen LogP contribution in [-0.4, -0.2) is 34.2 Å². The van der Waals surface area contributed by atoms with E-state index in [1.165, 1.54) is 12.1 Å². The topological polar surface area (TPSA) is 84.0 Å². The van der Waals surface area contributed by atoms with E-state index in [0.717, 1.165) is 11.8 Å². The lowest BCUT2D eigenvalue weighted by Gasteiger charge is -2.10. The highest BCUT2D eigenvalue weighted by molar-refractivity contribution is 8.00. The highest BCUT2D eigenvalue weighted by Gasteiger charge is 2.35. The third-order valence-corrected chi connectivity index (χ3v) is 3.81. The van der Waals surface area contributed by atoms with Crippen LogP contribution in [0.15, 0.2) is 41.9 Å². The lowest BCUT2D eigenvalue weighted by Crippen LogP contribution is -2.40. The van der Waals surface area contributed by atoms with E-state index in [1.807, 2.05) is 0 Å². The summed E-state index contributed by atoms with van der Waals surface area (Å²) >= 11 is 0.791. The molecule has 0 radical (unpaired) electrons. The summed E-state index contributed by atoms with van der Waals surface area (Å²) < 4.78 is 38.7. The number of benzene rings is 1. The molecule has 0 saturated heterocycles. The number of amides is 3. The van der Waals surface area contributed by atoms with Crippen LogP contribution in [0, 0.1) is 0 Å². The van der Waals surface area contributed by atoms with Crippen LogP contribution in [0.4, 0.5) is 18.0 Å². The Morgan fingerprint density at radius 1 is 1.24 bits per heavy atom.